The molecular weight excluding hydrogens is 282 g/mol. The Kier molecular flexibility index (Phi) is 3.77. The summed E-state index contributed by atoms with van der Waals surface area (Å²) in [4.78, 5) is 33.0. The zero-order chi connectivity index (χ0) is 15.7. The van der Waals surface area contributed by atoms with Crippen molar-refractivity contribution in [1.29, 1.82) is 0 Å². The number of hydrogen-bond donors (Lipinski definition) is 2. The number of fused-ring (bicyclic) bond motifs is 1. The van der Waals surface area contributed by atoms with Crippen molar-refractivity contribution < 1.29 is 9.90 Å². The monoisotopic (exact) mass is 299 g/mol. The molecule has 1 amide bonds. The van der Waals surface area contributed by atoms with Crippen molar-refractivity contribution in [2.24, 2.45) is 0 Å². The van der Waals surface area contributed by atoms with E-state index >= 15 is 0 Å². The van der Waals surface area contributed by atoms with E-state index in [9.17, 15) is 14.7 Å². The van der Waals surface area contributed by atoms with Crippen LogP contribution >= 0.6 is 0 Å². The van der Waals surface area contributed by atoms with Crippen molar-refractivity contribution in [3.63, 3.8) is 0 Å². The zero-order valence-corrected chi connectivity index (χ0v) is 12.2. The fourth-order valence-electron chi connectivity index (χ4n) is 2.62. The van der Waals surface area contributed by atoms with Crippen LogP contribution in [0.5, 0.6) is 0 Å². The van der Waals surface area contributed by atoms with Gasteiger partial charge in [0.05, 0.1) is 12.2 Å². The third-order valence-electron chi connectivity index (χ3n) is 3.79. The second-order valence-electron chi connectivity index (χ2n) is 5.39. The molecule has 2 heterocycles. The highest BCUT2D eigenvalue weighted by molar-refractivity contribution is 5.80. The van der Waals surface area contributed by atoms with Gasteiger partial charge in [0.25, 0.3) is 11.5 Å². The Hall–Kier alpha value is -2.47. The summed E-state index contributed by atoms with van der Waals surface area (Å²) < 4.78 is 0. The number of aromatic amines is 1. The lowest BCUT2D eigenvalue weighted by Crippen LogP contribution is -2.43. The molecule has 2 N–H and O–H groups in total. The molecule has 2 aromatic rings. The van der Waals surface area contributed by atoms with Gasteiger partial charge in [-0.15, -0.1) is 0 Å². The van der Waals surface area contributed by atoms with Crippen LogP contribution in [0.4, 0.5) is 0 Å². The Morgan fingerprint density at radius 2 is 2.09 bits per heavy atom. The molecule has 1 atom stereocenters. The molecule has 0 spiro atoms. The molecule has 0 radical (unpaired) electrons. The quantitative estimate of drug-likeness (QED) is 0.855. The van der Waals surface area contributed by atoms with Gasteiger partial charge in [-0.2, -0.15) is 0 Å². The number of nitrogens with one attached hydrogen (secondary N) is 1. The molecule has 1 aliphatic rings. The first-order valence-corrected chi connectivity index (χ1v) is 7.20. The van der Waals surface area contributed by atoms with E-state index in [0.717, 1.165) is 5.56 Å². The third-order valence-corrected chi connectivity index (χ3v) is 3.79. The van der Waals surface area contributed by atoms with Crippen LogP contribution in [0.2, 0.25) is 0 Å². The minimum Gasteiger partial charge on any atom is -0.384 e. The van der Waals surface area contributed by atoms with Crippen molar-refractivity contribution in [2.75, 3.05) is 6.54 Å². The molecule has 3 rings (SSSR count). The van der Waals surface area contributed by atoms with E-state index in [1.165, 1.54) is 11.8 Å². The van der Waals surface area contributed by atoms with Crippen LogP contribution in [-0.2, 0) is 17.8 Å². The molecule has 0 fully saturated rings. The highest BCUT2D eigenvalue weighted by atomic mass is 16.3. The molecule has 0 unspecified atom stereocenters. The Morgan fingerprint density at radius 3 is 2.77 bits per heavy atom. The molecule has 6 heteroatoms. The number of carbonyl (C=O) groups is 1. The van der Waals surface area contributed by atoms with Crippen LogP contribution in [0.1, 0.15) is 18.2 Å². The predicted molar refractivity (Wildman–Crippen MR) is 81.1 cm³/mol. The fraction of sp³-hybridized carbons (Fsp3) is 0.312. The minimum absolute atomic E-state index is 0.159. The topological polar surface area (TPSA) is 86.3 Å². The van der Waals surface area contributed by atoms with Gasteiger partial charge in [-0.1, -0.05) is 30.3 Å². The van der Waals surface area contributed by atoms with Crippen molar-refractivity contribution in [3.8, 4) is 11.4 Å². The molecule has 1 aromatic carbocycles. The summed E-state index contributed by atoms with van der Waals surface area (Å²) in [7, 11) is 0. The Labute approximate surface area is 127 Å². The van der Waals surface area contributed by atoms with Gasteiger partial charge in [0.2, 0.25) is 0 Å². The smallest absolute Gasteiger partial charge is 0.254 e. The summed E-state index contributed by atoms with van der Waals surface area (Å²) in [6.45, 7) is 2.12. The number of aliphatic hydroxyl groups excluding tert-OH is 1. The highest BCUT2D eigenvalue weighted by Crippen LogP contribution is 2.19. The van der Waals surface area contributed by atoms with Crippen LogP contribution in [0.25, 0.3) is 11.4 Å². The lowest BCUT2D eigenvalue weighted by molar-refractivity contribution is -0.140. The van der Waals surface area contributed by atoms with E-state index in [1.54, 1.807) is 0 Å². The lowest BCUT2D eigenvalue weighted by Gasteiger charge is -2.28. The molecule has 0 bridgehead atoms. The van der Waals surface area contributed by atoms with Gasteiger partial charge in [0.15, 0.2) is 0 Å². The number of amides is 1. The molecule has 0 saturated heterocycles. The van der Waals surface area contributed by atoms with Crippen LogP contribution in [0, 0.1) is 0 Å². The van der Waals surface area contributed by atoms with Crippen LogP contribution in [0.15, 0.2) is 35.1 Å². The maximum absolute atomic E-state index is 12.2. The summed E-state index contributed by atoms with van der Waals surface area (Å²) in [5.74, 6) is 0.157. The van der Waals surface area contributed by atoms with Gasteiger partial charge in [-0.05, 0) is 13.3 Å². The minimum atomic E-state index is -1.04. The molecule has 6 nitrogen and oxygen atoms in total. The number of nitrogens with zero attached hydrogens (tertiary/aromatic N) is 2. The maximum atomic E-state index is 12.2. The van der Waals surface area contributed by atoms with Crippen LogP contribution in [-0.4, -0.2) is 38.5 Å². The van der Waals surface area contributed by atoms with E-state index in [4.69, 9.17) is 0 Å². The van der Waals surface area contributed by atoms with E-state index in [1.807, 2.05) is 30.3 Å². The molecular formula is C16H17N3O3. The summed E-state index contributed by atoms with van der Waals surface area (Å²) in [6.07, 6.45) is -0.595. The predicted octanol–water partition coefficient (Wildman–Crippen LogP) is 0.702. The SMILES string of the molecule is C[C@H](O)C(=O)N1CCc2c(nc(-c3ccccc3)[nH]c2=O)C1. The van der Waals surface area contributed by atoms with Crippen molar-refractivity contribution in [3.05, 3.63) is 51.9 Å². The van der Waals surface area contributed by atoms with Gasteiger partial charge >= 0.3 is 0 Å². The molecule has 0 saturated carbocycles. The molecule has 1 aromatic heterocycles. The number of carbonyl (C=O) groups excluding carboxylic acids is 1. The van der Waals surface area contributed by atoms with E-state index in [2.05, 4.69) is 9.97 Å². The summed E-state index contributed by atoms with van der Waals surface area (Å²) >= 11 is 0. The normalized spacial score (nSPS) is 15.3. The summed E-state index contributed by atoms with van der Waals surface area (Å²) in [5, 5.41) is 9.43. The van der Waals surface area contributed by atoms with Gasteiger partial charge in [-0.25, -0.2) is 4.98 Å². The van der Waals surface area contributed by atoms with Gasteiger partial charge in [0, 0.05) is 17.7 Å². The number of H-pyrrole nitrogens is 1. The van der Waals surface area contributed by atoms with E-state index in [0.29, 0.717) is 30.0 Å². The Balaban J connectivity index is 1.98. The van der Waals surface area contributed by atoms with Gasteiger partial charge in [-0.3, -0.25) is 9.59 Å². The van der Waals surface area contributed by atoms with E-state index in [-0.39, 0.29) is 18.0 Å². The number of aliphatic hydroxyl groups is 1. The molecule has 0 aliphatic carbocycles. The number of rotatable bonds is 2. The van der Waals surface area contributed by atoms with Crippen LogP contribution in [0.3, 0.4) is 0 Å². The van der Waals surface area contributed by atoms with Gasteiger partial charge < -0.3 is 15.0 Å². The van der Waals surface area contributed by atoms with Crippen molar-refractivity contribution in [1.82, 2.24) is 14.9 Å². The molecule has 22 heavy (non-hydrogen) atoms. The highest BCUT2D eigenvalue weighted by Gasteiger charge is 2.26. The van der Waals surface area contributed by atoms with Gasteiger partial charge in [0.1, 0.15) is 11.9 Å². The zero-order valence-electron chi connectivity index (χ0n) is 12.2. The fourth-order valence-corrected chi connectivity index (χ4v) is 2.62. The van der Waals surface area contributed by atoms with Crippen molar-refractivity contribution in [2.45, 2.75) is 26.0 Å². The second kappa shape index (κ2) is 5.73. The Bertz CT molecular complexity index is 753. The first-order valence-electron chi connectivity index (χ1n) is 7.20. The van der Waals surface area contributed by atoms with E-state index < -0.39 is 6.10 Å². The average molecular weight is 299 g/mol. The largest absolute Gasteiger partial charge is 0.384 e. The molecule has 114 valence electrons. The average Bonchev–Trinajstić information content (AvgIpc) is 2.54. The maximum Gasteiger partial charge on any atom is 0.254 e. The second-order valence-corrected chi connectivity index (χ2v) is 5.39. The van der Waals surface area contributed by atoms with Crippen LogP contribution < -0.4 is 5.56 Å². The summed E-state index contributed by atoms with van der Waals surface area (Å²) in [5.41, 5.74) is 1.88. The number of benzene rings is 1. The lowest BCUT2D eigenvalue weighted by atomic mass is 10.1. The number of aromatic nitrogens is 2. The van der Waals surface area contributed by atoms with Crippen molar-refractivity contribution >= 4 is 5.91 Å². The summed E-state index contributed by atoms with van der Waals surface area (Å²) in [6, 6.07) is 9.37. The first-order chi connectivity index (χ1) is 10.6. The third kappa shape index (κ3) is 2.65. The Morgan fingerprint density at radius 1 is 1.36 bits per heavy atom. The number of hydrogen-bond acceptors (Lipinski definition) is 4. The molecule has 1 aliphatic heterocycles. The standard InChI is InChI=1S/C16H17N3O3/c1-10(20)16(22)19-8-7-12-13(9-19)17-14(18-15(12)21)11-5-3-2-4-6-11/h2-6,10,20H,7-9H2,1H3,(H,17,18,21)/t10-/m0/s1. The first kappa shape index (κ1) is 14.5.